The third kappa shape index (κ3) is 4.90. The number of amidine groups is 1. The summed E-state index contributed by atoms with van der Waals surface area (Å²) in [6.45, 7) is 10.8. The van der Waals surface area contributed by atoms with E-state index in [1.807, 2.05) is 19.2 Å². The number of allylic oxidation sites excluding steroid dienone is 8. The fourth-order valence-corrected chi connectivity index (χ4v) is 3.92. The summed E-state index contributed by atoms with van der Waals surface area (Å²) in [6, 6.07) is 4.25. The average molecular weight is 402 g/mol. The number of hydrogen-bond acceptors (Lipinski definition) is 5. The van der Waals surface area contributed by atoms with Gasteiger partial charge in [-0.3, -0.25) is 4.99 Å². The van der Waals surface area contributed by atoms with Crippen molar-refractivity contribution in [2.24, 2.45) is 4.99 Å². The van der Waals surface area contributed by atoms with Crippen molar-refractivity contribution in [2.75, 3.05) is 37.6 Å². The van der Waals surface area contributed by atoms with Crippen LogP contribution in [-0.2, 0) is 0 Å². The van der Waals surface area contributed by atoms with Crippen LogP contribution >= 0.6 is 0 Å². The molecule has 5 nitrogen and oxygen atoms in total. The van der Waals surface area contributed by atoms with Crippen molar-refractivity contribution in [1.29, 1.82) is 0 Å². The number of nitrogens with zero attached hydrogens (tertiary/aromatic N) is 4. The highest BCUT2D eigenvalue weighted by Crippen LogP contribution is 2.21. The van der Waals surface area contributed by atoms with Crippen LogP contribution in [-0.4, -0.2) is 48.4 Å². The lowest BCUT2D eigenvalue weighted by atomic mass is 10.1. The highest BCUT2D eigenvalue weighted by molar-refractivity contribution is 6.00. The first-order valence-electron chi connectivity index (χ1n) is 10.9. The summed E-state index contributed by atoms with van der Waals surface area (Å²) in [5.41, 5.74) is 4.83. The van der Waals surface area contributed by atoms with E-state index in [4.69, 9.17) is 4.98 Å². The van der Waals surface area contributed by atoms with E-state index in [1.165, 1.54) is 11.4 Å². The Morgan fingerprint density at radius 1 is 1.13 bits per heavy atom. The molecule has 1 aromatic rings. The fourth-order valence-electron chi connectivity index (χ4n) is 3.92. The van der Waals surface area contributed by atoms with Gasteiger partial charge in [0.05, 0.1) is 0 Å². The minimum absolute atomic E-state index is 0.796. The van der Waals surface area contributed by atoms with E-state index in [0.29, 0.717) is 0 Å². The monoisotopic (exact) mass is 401 g/mol. The Morgan fingerprint density at radius 3 is 2.67 bits per heavy atom. The molecular weight excluding hydrogens is 370 g/mol. The van der Waals surface area contributed by atoms with Gasteiger partial charge in [0.1, 0.15) is 11.7 Å². The molecule has 0 aromatic carbocycles. The summed E-state index contributed by atoms with van der Waals surface area (Å²) in [5.74, 6) is 1.95. The van der Waals surface area contributed by atoms with E-state index in [0.717, 1.165) is 74.8 Å². The summed E-state index contributed by atoms with van der Waals surface area (Å²) in [6.07, 6.45) is 17.9. The van der Waals surface area contributed by atoms with E-state index in [-0.39, 0.29) is 0 Å². The number of nitrogens with one attached hydrogen (secondary N) is 1. The highest BCUT2D eigenvalue weighted by Gasteiger charge is 2.20. The first-order chi connectivity index (χ1) is 14.7. The van der Waals surface area contributed by atoms with Gasteiger partial charge >= 0.3 is 0 Å². The summed E-state index contributed by atoms with van der Waals surface area (Å²) in [4.78, 5) is 14.3. The van der Waals surface area contributed by atoms with Gasteiger partial charge in [0, 0.05) is 62.3 Å². The summed E-state index contributed by atoms with van der Waals surface area (Å²) in [7, 11) is 0. The molecule has 1 aliphatic carbocycles. The smallest absolute Gasteiger partial charge is 0.134 e. The van der Waals surface area contributed by atoms with Gasteiger partial charge in [-0.2, -0.15) is 0 Å². The molecule has 3 aliphatic rings. The van der Waals surface area contributed by atoms with Crippen LogP contribution in [0.3, 0.4) is 0 Å². The second-order valence-corrected chi connectivity index (χ2v) is 7.92. The van der Waals surface area contributed by atoms with Crippen molar-refractivity contribution in [1.82, 2.24) is 15.2 Å². The van der Waals surface area contributed by atoms with Gasteiger partial charge in [-0.25, -0.2) is 4.98 Å². The second kappa shape index (κ2) is 9.61. The Hall–Kier alpha value is -3.08. The molecule has 156 valence electrons. The standard InChI is InChI=1S/C25H31N5/c1-3-20(2)9-11-22-13-14-26-25(28-22)21-10-12-24(27-19-21)30-17-15-29(16-18-30)23-7-5-4-6-8-23/h3-5,7,9-12,19H,1,6,8,13-18H2,2H3,(H,26,28)/b20-9-,22-11+. The zero-order valence-electron chi connectivity index (χ0n) is 17.8. The molecule has 30 heavy (non-hydrogen) atoms. The summed E-state index contributed by atoms with van der Waals surface area (Å²) >= 11 is 0. The van der Waals surface area contributed by atoms with Crippen LogP contribution in [0.15, 0.2) is 83.3 Å². The molecule has 0 radical (unpaired) electrons. The number of piperazine rings is 1. The number of rotatable bonds is 5. The predicted molar refractivity (Wildman–Crippen MR) is 126 cm³/mol. The van der Waals surface area contributed by atoms with E-state index >= 15 is 0 Å². The zero-order chi connectivity index (χ0) is 20.8. The van der Waals surface area contributed by atoms with Gasteiger partial charge in [-0.1, -0.05) is 36.5 Å². The molecule has 0 bridgehead atoms. The minimum Gasteiger partial charge on any atom is -0.371 e. The average Bonchev–Trinajstić information content (AvgIpc) is 2.83. The molecule has 4 rings (SSSR count). The first kappa shape index (κ1) is 20.2. The van der Waals surface area contributed by atoms with Gasteiger partial charge in [0.15, 0.2) is 0 Å². The van der Waals surface area contributed by atoms with Crippen LogP contribution in [0.25, 0.3) is 0 Å². The van der Waals surface area contributed by atoms with Crippen LogP contribution in [0, 0.1) is 0 Å². The number of pyridine rings is 1. The molecule has 5 heteroatoms. The number of aliphatic imine (C=N–C) groups is 1. The molecule has 0 amide bonds. The maximum atomic E-state index is 4.74. The van der Waals surface area contributed by atoms with E-state index in [9.17, 15) is 0 Å². The molecule has 1 saturated heterocycles. The Morgan fingerprint density at radius 2 is 1.97 bits per heavy atom. The third-order valence-corrected chi connectivity index (χ3v) is 5.82. The van der Waals surface area contributed by atoms with Crippen LogP contribution in [0.5, 0.6) is 0 Å². The molecule has 0 unspecified atom stereocenters. The molecule has 1 fully saturated rings. The Bertz CT molecular complexity index is 909. The molecular formula is C25H31N5. The Kier molecular flexibility index (Phi) is 6.47. The second-order valence-electron chi connectivity index (χ2n) is 7.92. The predicted octanol–water partition coefficient (Wildman–Crippen LogP) is 4.19. The minimum atomic E-state index is 0.796. The maximum absolute atomic E-state index is 4.74. The van der Waals surface area contributed by atoms with Gasteiger partial charge in [0.25, 0.3) is 0 Å². The van der Waals surface area contributed by atoms with Gasteiger partial charge in [0.2, 0.25) is 0 Å². The van der Waals surface area contributed by atoms with Crippen LogP contribution in [0.2, 0.25) is 0 Å². The number of anilines is 1. The largest absolute Gasteiger partial charge is 0.371 e. The van der Waals surface area contributed by atoms with Crippen LogP contribution < -0.4 is 10.2 Å². The summed E-state index contributed by atoms with van der Waals surface area (Å²) in [5, 5.41) is 3.45. The highest BCUT2D eigenvalue weighted by atomic mass is 15.3. The van der Waals surface area contributed by atoms with Gasteiger partial charge in [-0.05, 0) is 44.1 Å². The van der Waals surface area contributed by atoms with Crippen LogP contribution in [0.1, 0.15) is 31.7 Å². The lowest BCUT2D eigenvalue weighted by molar-refractivity contribution is 0.310. The van der Waals surface area contributed by atoms with Crippen LogP contribution in [0.4, 0.5) is 5.82 Å². The molecule has 3 heterocycles. The first-order valence-corrected chi connectivity index (χ1v) is 10.9. The van der Waals surface area contributed by atoms with E-state index in [1.54, 1.807) is 0 Å². The fraction of sp³-hybridized carbons (Fsp3) is 0.360. The Labute approximate surface area is 179 Å². The van der Waals surface area contributed by atoms with Crippen molar-refractivity contribution >= 4 is 11.7 Å². The van der Waals surface area contributed by atoms with Crippen molar-refractivity contribution in [3.05, 3.63) is 83.9 Å². The van der Waals surface area contributed by atoms with Gasteiger partial charge < -0.3 is 15.1 Å². The number of hydrogen-bond donors (Lipinski definition) is 1. The molecule has 0 spiro atoms. The van der Waals surface area contributed by atoms with Crippen molar-refractivity contribution in [2.45, 2.75) is 26.2 Å². The molecule has 0 saturated carbocycles. The summed E-state index contributed by atoms with van der Waals surface area (Å²) < 4.78 is 0. The van der Waals surface area contributed by atoms with Crippen molar-refractivity contribution < 1.29 is 0 Å². The van der Waals surface area contributed by atoms with E-state index in [2.05, 4.69) is 69.2 Å². The lowest BCUT2D eigenvalue weighted by Crippen LogP contribution is -2.46. The maximum Gasteiger partial charge on any atom is 0.134 e. The van der Waals surface area contributed by atoms with E-state index < -0.39 is 0 Å². The number of aromatic nitrogens is 1. The lowest BCUT2D eigenvalue weighted by Gasteiger charge is -2.38. The molecule has 0 atom stereocenters. The molecule has 1 N–H and O–H groups in total. The quantitative estimate of drug-likeness (QED) is 0.751. The third-order valence-electron chi connectivity index (χ3n) is 5.82. The molecule has 1 aromatic heterocycles. The van der Waals surface area contributed by atoms with Crippen molar-refractivity contribution in [3.8, 4) is 0 Å². The zero-order valence-corrected chi connectivity index (χ0v) is 17.8. The van der Waals surface area contributed by atoms with Gasteiger partial charge in [-0.15, -0.1) is 0 Å². The Balaban J connectivity index is 1.36. The van der Waals surface area contributed by atoms with Crippen molar-refractivity contribution in [3.63, 3.8) is 0 Å². The normalized spacial score (nSPS) is 21.2. The molecule has 2 aliphatic heterocycles. The topological polar surface area (TPSA) is 43.8 Å². The SMILES string of the molecule is C=C/C(C)=C\C=C1/CCN=C(c2ccc(N3CCN(C4=CC=CCC4)CC3)nc2)N1.